The molecule has 1 rings (SSSR count). The standard InChI is InChI=1S/C14H24/c1-10(2)14(5,6)13-8-7-11(3)12(4)9-13/h7-12H,1-6H3. The van der Waals surface area contributed by atoms with Crippen molar-refractivity contribution in [3.63, 3.8) is 0 Å². The van der Waals surface area contributed by atoms with Crippen LogP contribution in [0.1, 0.15) is 41.5 Å². The minimum absolute atomic E-state index is 0.310. The molecule has 0 N–H and O–H groups in total. The van der Waals surface area contributed by atoms with E-state index in [-0.39, 0.29) is 0 Å². The highest BCUT2D eigenvalue weighted by atomic mass is 14.3. The van der Waals surface area contributed by atoms with Gasteiger partial charge in [0, 0.05) is 0 Å². The van der Waals surface area contributed by atoms with Gasteiger partial charge in [-0.05, 0) is 28.7 Å². The van der Waals surface area contributed by atoms with Gasteiger partial charge < -0.3 is 0 Å². The van der Waals surface area contributed by atoms with E-state index in [9.17, 15) is 0 Å². The zero-order chi connectivity index (χ0) is 10.9. The smallest absolute Gasteiger partial charge is 0.00837 e. The highest BCUT2D eigenvalue weighted by molar-refractivity contribution is 5.30. The third-order valence-corrected chi connectivity index (χ3v) is 4.04. The van der Waals surface area contributed by atoms with Crippen molar-refractivity contribution in [2.45, 2.75) is 41.5 Å². The van der Waals surface area contributed by atoms with Gasteiger partial charge in [0.25, 0.3) is 0 Å². The van der Waals surface area contributed by atoms with Gasteiger partial charge in [0.1, 0.15) is 0 Å². The van der Waals surface area contributed by atoms with Crippen LogP contribution in [0.4, 0.5) is 0 Å². The molecule has 80 valence electrons. The van der Waals surface area contributed by atoms with Gasteiger partial charge >= 0.3 is 0 Å². The molecule has 0 aromatic carbocycles. The molecule has 0 aliphatic heterocycles. The van der Waals surface area contributed by atoms with E-state index in [1.54, 1.807) is 0 Å². The quantitative estimate of drug-likeness (QED) is 0.607. The molecule has 0 saturated carbocycles. The van der Waals surface area contributed by atoms with Crippen LogP contribution in [0.15, 0.2) is 23.8 Å². The molecule has 2 atom stereocenters. The predicted molar refractivity (Wildman–Crippen MR) is 64.2 cm³/mol. The van der Waals surface area contributed by atoms with Crippen LogP contribution in [0.5, 0.6) is 0 Å². The molecule has 0 aromatic heterocycles. The molecule has 0 amide bonds. The Kier molecular flexibility index (Phi) is 3.24. The molecule has 0 aromatic rings. The first-order valence-electron chi connectivity index (χ1n) is 5.76. The van der Waals surface area contributed by atoms with Gasteiger partial charge in [0.2, 0.25) is 0 Å². The Hall–Kier alpha value is -0.520. The Morgan fingerprint density at radius 2 is 1.71 bits per heavy atom. The van der Waals surface area contributed by atoms with Crippen molar-refractivity contribution in [1.29, 1.82) is 0 Å². The molecule has 0 radical (unpaired) electrons. The molecule has 0 bridgehead atoms. The molecular weight excluding hydrogens is 168 g/mol. The SMILES string of the molecule is CC1C=CC(C(C)(C)C(C)C)=CC1C. The predicted octanol–water partition coefficient (Wildman–Crippen LogP) is 4.44. The van der Waals surface area contributed by atoms with E-state index in [1.165, 1.54) is 5.57 Å². The van der Waals surface area contributed by atoms with Gasteiger partial charge in [-0.15, -0.1) is 0 Å². The molecule has 14 heavy (non-hydrogen) atoms. The molecule has 2 unspecified atom stereocenters. The maximum atomic E-state index is 2.45. The lowest BCUT2D eigenvalue weighted by Crippen LogP contribution is -2.23. The van der Waals surface area contributed by atoms with Crippen LogP contribution in [0.25, 0.3) is 0 Å². The summed E-state index contributed by atoms with van der Waals surface area (Å²) in [5.74, 6) is 2.08. The maximum Gasteiger partial charge on any atom is -0.00837 e. The van der Waals surface area contributed by atoms with Crippen LogP contribution < -0.4 is 0 Å². The monoisotopic (exact) mass is 192 g/mol. The van der Waals surface area contributed by atoms with Crippen molar-refractivity contribution < 1.29 is 0 Å². The van der Waals surface area contributed by atoms with E-state index in [2.05, 4.69) is 59.8 Å². The fourth-order valence-corrected chi connectivity index (χ4v) is 1.68. The van der Waals surface area contributed by atoms with Crippen LogP contribution in [-0.2, 0) is 0 Å². The molecule has 0 saturated heterocycles. The van der Waals surface area contributed by atoms with Crippen LogP contribution in [0.2, 0.25) is 0 Å². The summed E-state index contributed by atoms with van der Waals surface area (Å²) in [5, 5.41) is 0. The summed E-state index contributed by atoms with van der Waals surface area (Å²) in [6.45, 7) is 13.9. The largest absolute Gasteiger partial charge is 0.0808 e. The van der Waals surface area contributed by atoms with Crippen LogP contribution in [0.3, 0.4) is 0 Å². The third kappa shape index (κ3) is 2.10. The van der Waals surface area contributed by atoms with Gasteiger partial charge in [0.15, 0.2) is 0 Å². The summed E-state index contributed by atoms with van der Waals surface area (Å²) >= 11 is 0. The van der Waals surface area contributed by atoms with E-state index in [1.807, 2.05) is 0 Å². The summed E-state index contributed by atoms with van der Waals surface area (Å²) in [6.07, 6.45) is 7.12. The second-order valence-corrected chi connectivity index (χ2v) is 5.58. The van der Waals surface area contributed by atoms with E-state index in [0.29, 0.717) is 23.2 Å². The Balaban J connectivity index is 2.91. The molecule has 0 fully saturated rings. The Labute approximate surface area is 89.1 Å². The fraction of sp³-hybridized carbons (Fsp3) is 0.714. The van der Waals surface area contributed by atoms with Gasteiger partial charge in [-0.1, -0.05) is 59.8 Å². The maximum absolute atomic E-state index is 2.45. The third-order valence-electron chi connectivity index (χ3n) is 4.04. The Bertz CT molecular complexity index is 253. The van der Waals surface area contributed by atoms with Gasteiger partial charge in [-0.2, -0.15) is 0 Å². The Morgan fingerprint density at radius 3 is 2.14 bits per heavy atom. The zero-order valence-corrected chi connectivity index (χ0v) is 10.5. The molecule has 0 spiro atoms. The van der Waals surface area contributed by atoms with E-state index in [4.69, 9.17) is 0 Å². The van der Waals surface area contributed by atoms with Crippen molar-refractivity contribution in [3.05, 3.63) is 23.8 Å². The second kappa shape index (κ2) is 3.92. The summed E-state index contributed by atoms with van der Waals surface area (Å²) < 4.78 is 0. The van der Waals surface area contributed by atoms with Crippen LogP contribution in [-0.4, -0.2) is 0 Å². The number of allylic oxidation sites excluding steroid dienone is 4. The fourth-order valence-electron chi connectivity index (χ4n) is 1.68. The molecule has 0 heterocycles. The van der Waals surface area contributed by atoms with Crippen LogP contribution >= 0.6 is 0 Å². The highest BCUT2D eigenvalue weighted by Gasteiger charge is 2.27. The molecule has 0 heteroatoms. The average Bonchev–Trinajstić information content (AvgIpc) is 2.09. The van der Waals surface area contributed by atoms with E-state index in [0.717, 1.165) is 0 Å². The molecule has 1 aliphatic carbocycles. The summed E-state index contributed by atoms with van der Waals surface area (Å²) in [6, 6.07) is 0. The van der Waals surface area contributed by atoms with Crippen molar-refractivity contribution >= 4 is 0 Å². The van der Waals surface area contributed by atoms with Crippen molar-refractivity contribution in [3.8, 4) is 0 Å². The minimum atomic E-state index is 0.310. The summed E-state index contributed by atoms with van der Waals surface area (Å²) in [4.78, 5) is 0. The number of rotatable bonds is 2. The zero-order valence-electron chi connectivity index (χ0n) is 10.5. The van der Waals surface area contributed by atoms with Crippen molar-refractivity contribution in [1.82, 2.24) is 0 Å². The first-order valence-corrected chi connectivity index (χ1v) is 5.76. The van der Waals surface area contributed by atoms with Gasteiger partial charge in [-0.3, -0.25) is 0 Å². The first kappa shape index (κ1) is 11.6. The lowest BCUT2D eigenvalue weighted by atomic mass is 9.71. The highest BCUT2D eigenvalue weighted by Crippen LogP contribution is 2.38. The van der Waals surface area contributed by atoms with Crippen molar-refractivity contribution in [2.24, 2.45) is 23.2 Å². The lowest BCUT2D eigenvalue weighted by molar-refractivity contribution is 0.311. The second-order valence-electron chi connectivity index (χ2n) is 5.58. The molecular formula is C14H24. The number of hydrogen-bond acceptors (Lipinski definition) is 0. The van der Waals surface area contributed by atoms with E-state index >= 15 is 0 Å². The minimum Gasteiger partial charge on any atom is -0.0808 e. The number of hydrogen-bond donors (Lipinski definition) is 0. The van der Waals surface area contributed by atoms with Gasteiger partial charge in [0.05, 0.1) is 0 Å². The van der Waals surface area contributed by atoms with E-state index < -0.39 is 0 Å². The van der Waals surface area contributed by atoms with Crippen LogP contribution in [0, 0.1) is 23.2 Å². The lowest BCUT2D eigenvalue weighted by Gasteiger charge is -2.34. The topological polar surface area (TPSA) is 0 Å². The first-order chi connectivity index (χ1) is 6.35. The van der Waals surface area contributed by atoms with Gasteiger partial charge in [-0.25, -0.2) is 0 Å². The molecule has 1 aliphatic rings. The van der Waals surface area contributed by atoms with Crippen molar-refractivity contribution in [2.75, 3.05) is 0 Å². The molecule has 0 nitrogen and oxygen atoms in total. The average molecular weight is 192 g/mol. The summed E-state index contributed by atoms with van der Waals surface area (Å²) in [7, 11) is 0. The normalized spacial score (nSPS) is 28.1. The summed E-state index contributed by atoms with van der Waals surface area (Å²) in [5.41, 5.74) is 1.82. The Morgan fingerprint density at radius 1 is 1.14 bits per heavy atom.